The molecule has 3 aromatic rings. The molecule has 128 valence electrons. The largest absolute Gasteiger partial charge is 0.422 e. The third kappa shape index (κ3) is 2.79. The average molecular weight is 349 g/mol. The van der Waals surface area contributed by atoms with E-state index in [-0.39, 0.29) is 17.1 Å². The van der Waals surface area contributed by atoms with Crippen molar-refractivity contribution in [2.75, 3.05) is 0 Å². The Hall–Kier alpha value is -3.61. The standard InChI is InChI=1S/C19H12FN3O3/c1-10-5-14-15(26-19(25)16(14)18(24)23-10)6-11-8-21-17(22-9-11)12-3-2-4-13(20)7-12/h2-9H,1H3,(H,23,24)/b15-6+. The van der Waals surface area contributed by atoms with Crippen LogP contribution in [-0.2, 0) is 4.74 Å². The Labute approximate surface area is 147 Å². The second-order valence-electron chi connectivity index (χ2n) is 5.82. The number of hydrogen-bond acceptors (Lipinski definition) is 5. The smallest absolute Gasteiger partial charge is 0.349 e. The molecule has 2 aromatic heterocycles. The number of hydrogen-bond donors (Lipinski definition) is 1. The number of aromatic nitrogens is 3. The van der Waals surface area contributed by atoms with Crippen molar-refractivity contribution in [3.63, 3.8) is 0 Å². The summed E-state index contributed by atoms with van der Waals surface area (Å²) < 4.78 is 18.5. The van der Waals surface area contributed by atoms with Crippen LogP contribution in [0.15, 0.2) is 47.5 Å². The van der Waals surface area contributed by atoms with E-state index in [1.54, 1.807) is 31.2 Å². The fourth-order valence-electron chi connectivity index (χ4n) is 2.74. The van der Waals surface area contributed by atoms with Gasteiger partial charge in [0.05, 0.1) is 0 Å². The number of rotatable bonds is 2. The zero-order valence-electron chi connectivity index (χ0n) is 13.6. The summed E-state index contributed by atoms with van der Waals surface area (Å²) in [5, 5.41) is 0. The van der Waals surface area contributed by atoms with Gasteiger partial charge in [0.1, 0.15) is 17.1 Å². The van der Waals surface area contributed by atoms with Crippen molar-refractivity contribution >= 4 is 17.8 Å². The second-order valence-corrected chi connectivity index (χ2v) is 5.82. The number of benzene rings is 1. The van der Waals surface area contributed by atoms with Gasteiger partial charge in [0.15, 0.2) is 5.82 Å². The highest BCUT2D eigenvalue weighted by atomic mass is 19.1. The number of nitrogens with one attached hydrogen (secondary N) is 1. The molecule has 4 rings (SSSR count). The van der Waals surface area contributed by atoms with Gasteiger partial charge in [-0.2, -0.15) is 0 Å². The first-order valence-electron chi connectivity index (χ1n) is 7.77. The minimum Gasteiger partial charge on any atom is -0.422 e. The third-order valence-electron chi connectivity index (χ3n) is 3.89. The number of carbonyl (C=O) groups excluding carboxylic acids is 1. The number of H-pyrrole nitrogens is 1. The molecule has 0 aliphatic carbocycles. The van der Waals surface area contributed by atoms with E-state index in [0.29, 0.717) is 28.2 Å². The zero-order valence-corrected chi connectivity index (χ0v) is 13.6. The lowest BCUT2D eigenvalue weighted by molar-refractivity contribution is 0.0715. The number of aryl methyl sites for hydroxylation is 1. The summed E-state index contributed by atoms with van der Waals surface area (Å²) in [5.41, 5.74) is 1.70. The number of aromatic amines is 1. The number of halogens is 1. The van der Waals surface area contributed by atoms with Gasteiger partial charge in [0.25, 0.3) is 5.56 Å². The molecule has 26 heavy (non-hydrogen) atoms. The molecular weight excluding hydrogens is 337 g/mol. The van der Waals surface area contributed by atoms with Crippen LogP contribution in [0.4, 0.5) is 4.39 Å². The number of fused-ring (bicyclic) bond motifs is 1. The van der Waals surface area contributed by atoms with Gasteiger partial charge in [-0.3, -0.25) is 4.79 Å². The molecule has 0 fully saturated rings. The van der Waals surface area contributed by atoms with Gasteiger partial charge in [-0.05, 0) is 31.2 Å². The Kier molecular flexibility index (Phi) is 3.69. The van der Waals surface area contributed by atoms with Crippen LogP contribution in [0.3, 0.4) is 0 Å². The highest BCUT2D eigenvalue weighted by molar-refractivity contribution is 6.05. The van der Waals surface area contributed by atoms with Crippen LogP contribution < -0.4 is 5.56 Å². The van der Waals surface area contributed by atoms with Crippen molar-refractivity contribution < 1.29 is 13.9 Å². The Morgan fingerprint density at radius 3 is 2.65 bits per heavy atom. The lowest BCUT2D eigenvalue weighted by Crippen LogP contribution is -2.16. The summed E-state index contributed by atoms with van der Waals surface area (Å²) in [4.78, 5) is 34.8. The summed E-state index contributed by atoms with van der Waals surface area (Å²) in [5.74, 6) is -0.416. The number of nitrogens with zero attached hydrogens (tertiary/aromatic N) is 2. The van der Waals surface area contributed by atoms with E-state index >= 15 is 0 Å². The van der Waals surface area contributed by atoms with Gasteiger partial charge in [-0.1, -0.05) is 12.1 Å². The lowest BCUT2D eigenvalue weighted by Gasteiger charge is -2.02. The normalized spacial score (nSPS) is 14.4. The van der Waals surface area contributed by atoms with Crippen LogP contribution in [0.1, 0.15) is 27.2 Å². The van der Waals surface area contributed by atoms with Crippen molar-refractivity contribution in [3.05, 3.63) is 81.3 Å². The van der Waals surface area contributed by atoms with E-state index in [9.17, 15) is 14.0 Å². The molecule has 0 amide bonds. The molecular formula is C19H12FN3O3. The summed E-state index contributed by atoms with van der Waals surface area (Å²) in [6.45, 7) is 1.72. The van der Waals surface area contributed by atoms with E-state index in [0.717, 1.165) is 0 Å². The molecule has 3 heterocycles. The second kappa shape index (κ2) is 6.03. The Morgan fingerprint density at radius 1 is 1.15 bits per heavy atom. The minimum atomic E-state index is -0.690. The number of carbonyl (C=O) groups is 1. The van der Waals surface area contributed by atoms with E-state index in [4.69, 9.17) is 4.74 Å². The maximum atomic E-state index is 13.3. The summed E-state index contributed by atoms with van der Waals surface area (Å²) >= 11 is 0. The molecule has 6 nitrogen and oxygen atoms in total. The van der Waals surface area contributed by atoms with E-state index < -0.39 is 11.5 Å². The molecule has 0 spiro atoms. The molecule has 0 bridgehead atoms. The Morgan fingerprint density at radius 2 is 1.92 bits per heavy atom. The molecule has 1 aliphatic rings. The predicted molar refractivity (Wildman–Crippen MR) is 92.5 cm³/mol. The van der Waals surface area contributed by atoms with Gasteiger partial charge in [0.2, 0.25) is 0 Å². The molecule has 1 N–H and O–H groups in total. The molecule has 1 aromatic carbocycles. The summed E-state index contributed by atoms with van der Waals surface area (Å²) in [6, 6.07) is 7.66. The molecule has 0 saturated heterocycles. The summed E-state index contributed by atoms with van der Waals surface area (Å²) in [7, 11) is 0. The number of ether oxygens (including phenoxy) is 1. The van der Waals surface area contributed by atoms with Crippen LogP contribution in [0.2, 0.25) is 0 Å². The zero-order chi connectivity index (χ0) is 18.3. The van der Waals surface area contributed by atoms with Crippen LogP contribution >= 0.6 is 0 Å². The first-order valence-corrected chi connectivity index (χ1v) is 7.77. The van der Waals surface area contributed by atoms with Gasteiger partial charge >= 0.3 is 5.97 Å². The fraction of sp³-hybridized carbons (Fsp3) is 0.0526. The molecule has 0 unspecified atom stereocenters. The van der Waals surface area contributed by atoms with Crippen LogP contribution in [0.25, 0.3) is 23.2 Å². The highest BCUT2D eigenvalue weighted by Crippen LogP contribution is 2.29. The molecule has 0 radical (unpaired) electrons. The van der Waals surface area contributed by atoms with Gasteiger partial charge in [-0.25, -0.2) is 19.2 Å². The van der Waals surface area contributed by atoms with Crippen molar-refractivity contribution in [1.82, 2.24) is 15.0 Å². The first-order chi connectivity index (χ1) is 12.5. The van der Waals surface area contributed by atoms with Crippen LogP contribution in [-0.4, -0.2) is 20.9 Å². The van der Waals surface area contributed by atoms with Crippen molar-refractivity contribution in [1.29, 1.82) is 0 Å². The predicted octanol–water partition coefficient (Wildman–Crippen LogP) is 2.95. The maximum absolute atomic E-state index is 13.3. The van der Waals surface area contributed by atoms with E-state index in [1.165, 1.54) is 24.5 Å². The highest BCUT2D eigenvalue weighted by Gasteiger charge is 2.30. The lowest BCUT2D eigenvalue weighted by atomic mass is 10.1. The van der Waals surface area contributed by atoms with Gasteiger partial charge in [0, 0.05) is 34.8 Å². The van der Waals surface area contributed by atoms with Crippen molar-refractivity contribution in [2.24, 2.45) is 0 Å². The monoisotopic (exact) mass is 349 g/mol. The maximum Gasteiger partial charge on any atom is 0.349 e. The van der Waals surface area contributed by atoms with E-state index in [2.05, 4.69) is 15.0 Å². The minimum absolute atomic E-state index is 0.0147. The van der Waals surface area contributed by atoms with Crippen LogP contribution in [0, 0.1) is 12.7 Å². The quantitative estimate of drug-likeness (QED) is 0.719. The first kappa shape index (κ1) is 15.9. The van der Waals surface area contributed by atoms with Gasteiger partial charge < -0.3 is 9.72 Å². The fourth-order valence-corrected chi connectivity index (χ4v) is 2.74. The molecule has 1 aliphatic heterocycles. The van der Waals surface area contributed by atoms with E-state index in [1.807, 2.05) is 0 Å². The molecule has 0 atom stereocenters. The Balaban J connectivity index is 1.71. The SMILES string of the molecule is Cc1cc2c(c(=O)[nH]1)C(=O)O/C2=C/c1cnc(-c2cccc(F)c2)nc1. The topological polar surface area (TPSA) is 84.9 Å². The van der Waals surface area contributed by atoms with Crippen molar-refractivity contribution in [3.8, 4) is 11.4 Å². The number of esters is 1. The summed E-state index contributed by atoms with van der Waals surface area (Å²) in [6.07, 6.45) is 4.65. The number of cyclic esters (lactones) is 1. The third-order valence-corrected chi connectivity index (χ3v) is 3.89. The van der Waals surface area contributed by atoms with Gasteiger partial charge in [-0.15, -0.1) is 0 Å². The van der Waals surface area contributed by atoms with Crippen LogP contribution in [0.5, 0.6) is 0 Å². The van der Waals surface area contributed by atoms with Crippen molar-refractivity contribution in [2.45, 2.75) is 6.92 Å². The molecule has 7 heteroatoms. The number of pyridine rings is 1. The Bertz CT molecular complexity index is 1120. The average Bonchev–Trinajstić information content (AvgIpc) is 2.91. The molecule has 0 saturated carbocycles.